The number of anilines is 1. The van der Waals surface area contributed by atoms with Gasteiger partial charge in [-0.3, -0.25) is 4.79 Å². The standard InChI is InChI=1S/C15H21N5O2S2/c1-10(2)13-18-19-15(20(13)8-11-4-3-6-22-11)24-9-12(21)17-14-16-5-7-23-14/h5,7,10-11H,3-4,6,8-9H2,1-2H3,(H,16,17,21). The van der Waals surface area contributed by atoms with E-state index in [0.717, 1.165) is 37.0 Å². The molecule has 1 N–H and O–H groups in total. The molecule has 1 aliphatic rings. The molecule has 0 aliphatic carbocycles. The summed E-state index contributed by atoms with van der Waals surface area (Å²) in [7, 11) is 0. The fourth-order valence-electron chi connectivity index (χ4n) is 2.57. The van der Waals surface area contributed by atoms with Crippen LogP contribution in [0.4, 0.5) is 5.13 Å². The summed E-state index contributed by atoms with van der Waals surface area (Å²) in [6, 6.07) is 0. The molecule has 1 atom stereocenters. The van der Waals surface area contributed by atoms with Gasteiger partial charge in [-0.25, -0.2) is 4.98 Å². The second kappa shape index (κ2) is 8.09. The van der Waals surface area contributed by atoms with Crippen molar-refractivity contribution in [3.63, 3.8) is 0 Å². The SMILES string of the molecule is CC(C)c1nnc(SCC(=O)Nc2nccs2)n1CC1CCCO1. The van der Waals surface area contributed by atoms with Crippen LogP contribution in [0.25, 0.3) is 0 Å². The van der Waals surface area contributed by atoms with E-state index in [0.29, 0.717) is 5.13 Å². The van der Waals surface area contributed by atoms with Crippen molar-refractivity contribution < 1.29 is 9.53 Å². The topological polar surface area (TPSA) is 81.9 Å². The minimum absolute atomic E-state index is 0.0901. The quantitative estimate of drug-likeness (QED) is 0.758. The lowest BCUT2D eigenvalue weighted by molar-refractivity contribution is -0.113. The van der Waals surface area contributed by atoms with Crippen molar-refractivity contribution in [2.45, 2.75) is 50.4 Å². The fourth-order valence-corrected chi connectivity index (χ4v) is 3.87. The summed E-state index contributed by atoms with van der Waals surface area (Å²) in [6.07, 6.45) is 4.04. The maximum atomic E-state index is 12.0. The zero-order valence-electron chi connectivity index (χ0n) is 13.8. The summed E-state index contributed by atoms with van der Waals surface area (Å²) in [5, 5.41) is 14.6. The van der Waals surface area contributed by atoms with E-state index in [1.165, 1.54) is 23.1 Å². The number of aromatic nitrogens is 4. The number of carbonyl (C=O) groups is 1. The second-order valence-corrected chi connectivity index (χ2v) is 7.75. The first-order chi connectivity index (χ1) is 11.6. The summed E-state index contributed by atoms with van der Waals surface area (Å²) < 4.78 is 7.84. The summed E-state index contributed by atoms with van der Waals surface area (Å²) in [5.41, 5.74) is 0. The van der Waals surface area contributed by atoms with Crippen molar-refractivity contribution in [2.24, 2.45) is 0 Å². The van der Waals surface area contributed by atoms with Crippen molar-refractivity contribution in [2.75, 3.05) is 17.7 Å². The number of thioether (sulfide) groups is 1. The molecule has 1 amide bonds. The molecule has 2 aromatic rings. The van der Waals surface area contributed by atoms with Crippen molar-refractivity contribution in [3.05, 3.63) is 17.4 Å². The largest absolute Gasteiger partial charge is 0.376 e. The number of thiazole rings is 1. The van der Waals surface area contributed by atoms with Gasteiger partial charge in [0.1, 0.15) is 5.82 Å². The average molecular weight is 368 g/mol. The van der Waals surface area contributed by atoms with Crippen LogP contribution in [-0.2, 0) is 16.1 Å². The Morgan fingerprint density at radius 3 is 3.08 bits per heavy atom. The molecule has 0 spiro atoms. The van der Waals surface area contributed by atoms with Gasteiger partial charge < -0.3 is 14.6 Å². The van der Waals surface area contributed by atoms with Crippen LogP contribution >= 0.6 is 23.1 Å². The van der Waals surface area contributed by atoms with E-state index in [4.69, 9.17) is 4.74 Å². The molecule has 0 radical (unpaired) electrons. The maximum absolute atomic E-state index is 12.0. The molecule has 3 rings (SSSR count). The number of nitrogens with one attached hydrogen (secondary N) is 1. The van der Waals surface area contributed by atoms with E-state index < -0.39 is 0 Å². The Kier molecular flexibility index (Phi) is 5.85. The van der Waals surface area contributed by atoms with E-state index in [9.17, 15) is 4.79 Å². The average Bonchev–Trinajstić information content (AvgIpc) is 3.27. The van der Waals surface area contributed by atoms with Crippen LogP contribution in [0.5, 0.6) is 0 Å². The number of rotatable bonds is 7. The van der Waals surface area contributed by atoms with Crippen LogP contribution in [-0.4, -0.2) is 44.1 Å². The van der Waals surface area contributed by atoms with Gasteiger partial charge in [0.2, 0.25) is 5.91 Å². The van der Waals surface area contributed by atoms with Gasteiger partial charge >= 0.3 is 0 Å². The summed E-state index contributed by atoms with van der Waals surface area (Å²) >= 11 is 2.80. The summed E-state index contributed by atoms with van der Waals surface area (Å²) in [6.45, 7) is 5.76. The highest BCUT2D eigenvalue weighted by Crippen LogP contribution is 2.24. The molecule has 1 aliphatic heterocycles. The molecule has 130 valence electrons. The number of nitrogens with zero attached hydrogens (tertiary/aromatic N) is 4. The van der Waals surface area contributed by atoms with E-state index in [1.54, 1.807) is 6.20 Å². The van der Waals surface area contributed by atoms with E-state index >= 15 is 0 Å². The van der Waals surface area contributed by atoms with E-state index in [2.05, 4.69) is 38.9 Å². The monoisotopic (exact) mass is 367 g/mol. The highest BCUT2D eigenvalue weighted by Gasteiger charge is 2.22. The van der Waals surface area contributed by atoms with Gasteiger partial charge in [-0.15, -0.1) is 21.5 Å². The summed E-state index contributed by atoms with van der Waals surface area (Å²) in [5.74, 6) is 1.40. The minimum Gasteiger partial charge on any atom is -0.376 e. The molecule has 1 unspecified atom stereocenters. The molecule has 0 saturated carbocycles. The minimum atomic E-state index is -0.0901. The lowest BCUT2D eigenvalue weighted by Crippen LogP contribution is -2.19. The molecule has 0 bridgehead atoms. The van der Waals surface area contributed by atoms with Gasteiger partial charge in [0.05, 0.1) is 18.4 Å². The van der Waals surface area contributed by atoms with Crippen LogP contribution < -0.4 is 5.32 Å². The Balaban J connectivity index is 1.64. The predicted octanol–water partition coefficient (Wildman–Crippen LogP) is 2.77. The molecule has 1 fully saturated rings. The lowest BCUT2D eigenvalue weighted by atomic mass is 10.2. The lowest BCUT2D eigenvalue weighted by Gasteiger charge is -2.15. The molecule has 3 heterocycles. The number of carbonyl (C=O) groups excluding carboxylic acids is 1. The van der Waals surface area contributed by atoms with Crippen LogP contribution in [0.2, 0.25) is 0 Å². The maximum Gasteiger partial charge on any atom is 0.236 e. The van der Waals surface area contributed by atoms with Crippen LogP contribution in [0.15, 0.2) is 16.7 Å². The molecule has 0 aromatic carbocycles. The van der Waals surface area contributed by atoms with Gasteiger partial charge in [-0.2, -0.15) is 0 Å². The number of ether oxygens (including phenoxy) is 1. The number of hydrogen-bond donors (Lipinski definition) is 1. The Morgan fingerprint density at radius 2 is 2.42 bits per heavy atom. The Bertz CT molecular complexity index is 665. The van der Waals surface area contributed by atoms with Crippen molar-refractivity contribution >= 4 is 34.1 Å². The van der Waals surface area contributed by atoms with Crippen LogP contribution in [0.3, 0.4) is 0 Å². The first kappa shape index (κ1) is 17.4. The molecule has 7 nitrogen and oxygen atoms in total. The third kappa shape index (κ3) is 4.34. The first-order valence-electron chi connectivity index (χ1n) is 8.00. The molecule has 9 heteroatoms. The first-order valence-corrected chi connectivity index (χ1v) is 9.87. The van der Waals surface area contributed by atoms with Gasteiger partial charge in [-0.1, -0.05) is 25.6 Å². The number of hydrogen-bond acceptors (Lipinski definition) is 7. The second-order valence-electron chi connectivity index (χ2n) is 5.92. The third-order valence-electron chi connectivity index (χ3n) is 3.68. The van der Waals surface area contributed by atoms with Gasteiger partial charge in [0.25, 0.3) is 0 Å². The van der Waals surface area contributed by atoms with E-state index in [-0.39, 0.29) is 23.7 Å². The highest BCUT2D eigenvalue weighted by atomic mass is 32.2. The zero-order chi connectivity index (χ0) is 16.9. The van der Waals surface area contributed by atoms with Crippen molar-refractivity contribution in [1.29, 1.82) is 0 Å². The van der Waals surface area contributed by atoms with Gasteiger partial charge in [-0.05, 0) is 12.8 Å². The molecular formula is C15H21N5O2S2. The fraction of sp³-hybridized carbons (Fsp3) is 0.600. The van der Waals surface area contributed by atoms with Crippen molar-refractivity contribution in [1.82, 2.24) is 19.7 Å². The molecule has 24 heavy (non-hydrogen) atoms. The Morgan fingerprint density at radius 1 is 1.54 bits per heavy atom. The highest BCUT2D eigenvalue weighted by molar-refractivity contribution is 7.99. The Hall–Kier alpha value is -1.45. The smallest absolute Gasteiger partial charge is 0.236 e. The third-order valence-corrected chi connectivity index (χ3v) is 5.34. The van der Waals surface area contributed by atoms with Crippen LogP contribution in [0, 0.1) is 0 Å². The number of amides is 1. The zero-order valence-corrected chi connectivity index (χ0v) is 15.4. The van der Waals surface area contributed by atoms with Crippen molar-refractivity contribution in [3.8, 4) is 0 Å². The predicted molar refractivity (Wildman–Crippen MR) is 94.6 cm³/mol. The molecule has 1 saturated heterocycles. The van der Waals surface area contributed by atoms with Crippen LogP contribution in [0.1, 0.15) is 38.4 Å². The molecule has 2 aromatic heterocycles. The van der Waals surface area contributed by atoms with Gasteiger partial charge in [0, 0.05) is 24.1 Å². The normalized spacial score (nSPS) is 17.5. The Labute approximate surface area is 149 Å². The summed E-state index contributed by atoms with van der Waals surface area (Å²) in [4.78, 5) is 16.1. The van der Waals surface area contributed by atoms with Gasteiger partial charge in [0.15, 0.2) is 10.3 Å². The molecular weight excluding hydrogens is 346 g/mol. The van der Waals surface area contributed by atoms with E-state index in [1.807, 2.05) is 5.38 Å².